The molecular weight excluding hydrogens is 204 g/mol. The Labute approximate surface area is 82.6 Å². The Morgan fingerprint density at radius 3 is 2.93 bits per heavy atom. The Balaban J connectivity index is 2.52. The number of rotatable bonds is 2. The molecule has 72 valence electrons. The Bertz CT molecular complexity index is 462. The highest BCUT2D eigenvalue weighted by Crippen LogP contribution is 2.18. The van der Waals surface area contributed by atoms with E-state index in [-0.39, 0.29) is 11.4 Å². The van der Waals surface area contributed by atoms with Crippen molar-refractivity contribution in [1.29, 1.82) is 0 Å². The SMILES string of the molecule is Nc1c(C(=O)O)cnn1-c1nccs1. The van der Waals surface area contributed by atoms with Gasteiger partial charge in [-0.3, -0.25) is 0 Å². The van der Waals surface area contributed by atoms with Crippen molar-refractivity contribution in [3.63, 3.8) is 0 Å². The number of aromatic nitrogens is 3. The fourth-order valence-electron chi connectivity index (χ4n) is 0.996. The average Bonchev–Trinajstić information content (AvgIpc) is 2.71. The molecule has 3 N–H and O–H groups in total. The van der Waals surface area contributed by atoms with Crippen LogP contribution in [0.4, 0.5) is 5.82 Å². The zero-order chi connectivity index (χ0) is 10.1. The van der Waals surface area contributed by atoms with Gasteiger partial charge in [0.15, 0.2) is 0 Å². The molecule has 2 rings (SSSR count). The van der Waals surface area contributed by atoms with Crippen LogP contribution < -0.4 is 5.73 Å². The van der Waals surface area contributed by atoms with Crippen LogP contribution in [0.5, 0.6) is 0 Å². The molecule has 2 aromatic rings. The van der Waals surface area contributed by atoms with Crippen LogP contribution in [0.25, 0.3) is 5.13 Å². The fourth-order valence-corrected chi connectivity index (χ4v) is 1.61. The smallest absolute Gasteiger partial charge is 0.341 e. The highest BCUT2D eigenvalue weighted by Gasteiger charge is 2.15. The maximum absolute atomic E-state index is 10.7. The normalized spacial score (nSPS) is 10.3. The van der Waals surface area contributed by atoms with Crippen LogP contribution >= 0.6 is 11.3 Å². The minimum absolute atomic E-state index is 0.0137. The first-order valence-corrected chi connectivity index (χ1v) is 4.55. The van der Waals surface area contributed by atoms with Crippen molar-refractivity contribution >= 4 is 23.1 Å². The van der Waals surface area contributed by atoms with Gasteiger partial charge in [0, 0.05) is 11.6 Å². The van der Waals surface area contributed by atoms with Crippen LogP contribution in [0.1, 0.15) is 10.4 Å². The molecule has 0 aliphatic carbocycles. The van der Waals surface area contributed by atoms with E-state index in [0.717, 1.165) is 0 Å². The van der Waals surface area contributed by atoms with Crippen molar-refractivity contribution in [3.05, 3.63) is 23.3 Å². The first kappa shape index (κ1) is 8.70. The molecule has 7 heteroatoms. The lowest BCUT2D eigenvalue weighted by molar-refractivity contribution is 0.0698. The highest BCUT2D eigenvalue weighted by molar-refractivity contribution is 7.12. The molecule has 0 saturated heterocycles. The molecule has 2 heterocycles. The van der Waals surface area contributed by atoms with E-state index in [1.807, 2.05) is 0 Å². The second-order valence-electron chi connectivity index (χ2n) is 2.48. The molecule has 0 spiro atoms. The molecule has 0 amide bonds. The first-order valence-electron chi connectivity index (χ1n) is 3.67. The summed E-state index contributed by atoms with van der Waals surface area (Å²) in [7, 11) is 0. The number of carboxylic acids is 1. The lowest BCUT2D eigenvalue weighted by Gasteiger charge is -1.97. The van der Waals surface area contributed by atoms with Gasteiger partial charge in [-0.25, -0.2) is 9.78 Å². The molecule has 0 unspecified atom stereocenters. The third-order valence-electron chi connectivity index (χ3n) is 1.64. The predicted octanol–water partition coefficient (Wildman–Crippen LogP) is 0.609. The average molecular weight is 210 g/mol. The maximum Gasteiger partial charge on any atom is 0.341 e. The molecule has 0 aliphatic heterocycles. The van der Waals surface area contributed by atoms with E-state index in [1.54, 1.807) is 11.6 Å². The lowest BCUT2D eigenvalue weighted by atomic mass is 10.3. The largest absolute Gasteiger partial charge is 0.477 e. The van der Waals surface area contributed by atoms with Crippen LogP contribution in [0.15, 0.2) is 17.8 Å². The molecule has 14 heavy (non-hydrogen) atoms. The second-order valence-corrected chi connectivity index (χ2v) is 3.35. The van der Waals surface area contributed by atoms with Gasteiger partial charge >= 0.3 is 5.97 Å². The quantitative estimate of drug-likeness (QED) is 0.757. The number of carboxylic acid groups (broad SMARTS) is 1. The van der Waals surface area contributed by atoms with E-state index in [4.69, 9.17) is 10.8 Å². The van der Waals surface area contributed by atoms with Gasteiger partial charge in [0.1, 0.15) is 11.4 Å². The summed E-state index contributed by atoms with van der Waals surface area (Å²) in [5, 5.41) is 14.9. The summed E-state index contributed by atoms with van der Waals surface area (Å²) >= 11 is 1.33. The number of hydrogen-bond donors (Lipinski definition) is 2. The molecule has 6 nitrogen and oxygen atoms in total. The summed E-state index contributed by atoms with van der Waals surface area (Å²) in [6.45, 7) is 0. The van der Waals surface area contributed by atoms with Crippen molar-refractivity contribution in [3.8, 4) is 5.13 Å². The zero-order valence-corrected chi connectivity index (χ0v) is 7.73. The van der Waals surface area contributed by atoms with Crippen molar-refractivity contribution in [2.45, 2.75) is 0 Å². The summed E-state index contributed by atoms with van der Waals surface area (Å²) in [4.78, 5) is 14.6. The van der Waals surface area contributed by atoms with E-state index in [2.05, 4.69) is 10.1 Å². The minimum atomic E-state index is -1.09. The zero-order valence-electron chi connectivity index (χ0n) is 6.91. The summed E-state index contributed by atoms with van der Waals surface area (Å²) < 4.78 is 1.30. The van der Waals surface area contributed by atoms with Crippen LogP contribution in [-0.2, 0) is 0 Å². The number of hydrogen-bond acceptors (Lipinski definition) is 5. The highest BCUT2D eigenvalue weighted by atomic mass is 32.1. The molecule has 0 bridgehead atoms. The van der Waals surface area contributed by atoms with E-state index < -0.39 is 5.97 Å². The van der Waals surface area contributed by atoms with E-state index in [1.165, 1.54) is 22.2 Å². The van der Waals surface area contributed by atoms with Crippen molar-refractivity contribution in [1.82, 2.24) is 14.8 Å². The third-order valence-corrected chi connectivity index (χ3v) is 2.38. The Hall–Kier alpha value is -1.89. The monoisotopic (exact) mass is 210 g/mol. The predicted molar refractivity (Wildman–Crippen MR) is 50.6 cm³/mol. The molecule has 0 aromatic carbocycles. The lowest BCUT2D eigenvalue weighted by Crippen LogP contribution is -2.05. The van der Waals surface area contributed by atoms with Crippen molar-refractivity contribution < 1.29 is 9.90 Å². The molecule has 2 aromatic heterocycles. The van der Waals surface area contributed by atoms with Gasteiger partial charge in [0.2, 0.25) is 5.13 Å². The third kappa shape index (κ3) is 1.23. The first-order chi connectivity index (χ1) is 6.70. The second kappa shape index (κ2) is 3.11. The Kier molecular flexibility index (Phi) is 1.93. The van der Waals surface area contributed by atoms with Gasteiger partial charge in [0.05, 0.1) is 6.20 Å². The van der Waals surface area contributed by atoms with E-state index in [9.17, 15) is 4.79 Å². The van der Waals surface area contributed by atoms with Gasteiger partial charge in [-0.05, 0) is 0 Å². The molecule has 0 aliphatic rings. The summed E-state index contributed by atoms with van der Waals surface area (Å²) in [5.74, 6) is -1.00. The number of carbonyl (C=O) groups is 1. The van der Waals surface area contributed by atoms with Crippen LogP contribution in [0.3, 0.4) is 0 Å². The number of nitrogen functional groups attached to an aromatic ring is 1. The molecule has 0 fully saturated rings. The summed E-state index contributed by atoms with van der Waals surface area (Å²) in [6.07, 6.45) is 2.81. The number of anilines is 1. The maximum atomic E-state index is 10.7. The number of nitrogens with two attached hydrogens (primary N) is 1. The van der Waals surface area contributed by atoms with Crippen molar-refractivity contribution in [2.75, 3.05) is 5.73 Å². The summed E-state index contributed by atoms with van der Waals surface area (Å²) in [5.41, 5.74) is 5.57. The Morgan fingerprint density at radius 1 is 1.64 bits per heavy atom. The van der Waals surface area contributed by atoms with E-state index >= 15 is 0 Å². The van der Waals surface area contributed by atoms with Gasteiger partial charge in [-0.1, -0.05) is 0 Å². The van der Waals surface area contributed by atoms with Crippen LogP contribution in [-0.4, -0.2) is 25.8 Å². The van der Waals surface area contributed by atoms with Gasteiger partial charge in [-0.15, -0.1) is 11.3 Å². The minimum Gasteiger partial charge on any atom is -0.477 e. The number of nitrogens with zero attached hydrogens (tertiary/aromatic N) is 3. The van der Waals surface area contributed by atoms with Crippen molar-refractivity contribution in [2.24, 2.45) is 0 Å². The fraction of sp³-hybridized carbons (Fsp3) is 0. The topological polar surface area (TPSA) is 94.0 Å². The summed E-state index contributed by atoms with van der Waals surface area (Å²) in [6, 6.07) is 0. The Morgan fingerprint density at radius 2 is 2.43 bits per heavy atom. The molecule has 0 saturated carbocycles. The molecular formula is C7H6N4O2S. The molecule has 0 atom stereocenters. The molecule has 0 radical (unpaired) electrons. The van der Waals surface area contributed by atoms with E-state index in [0.29, 0.717) is 5.13 Å². The number of aromatic carboxylic acids is 1. The number of thiazole rings is 1. The van der Waals surface area contributed by atoms with Gasteiger partial charge < -0.3 is 10.8 Å². The van der Waals surface area contributed by atoms with Gasteiger partial charge in [0.25, 0.3) is 0 Å². The standard InChI is InChI=1S/C7H6N4O2S/c8-5-4(6(12)13)3-10-11(5)7-9-1-2-14-7/h1-3H,8H2,(H,12,13). The van der Waals surface area contributed by atoms with Crippen LogP contribution in [0.2, 0.25) is 0 Å². The van der Waals surface area contributed by atoms with Gasteiger partial charge in [-0.2, -0.15) is 9.78 Å². The van der Waals surface area contributed by atoms with Crippen LogP contribution in [0, 0.1) is 0 Å².